The van der Waals surface area contributed by atoms with Crippen molar-refractivity contribution < 1.29 is 22.8 Å². The van der Waals surface area contributed by atoms with E-state index in [1.807, 2.05) is 6.07 Å². The lowest BCUT2D eigenvalue weighted by Crippen LogP contribution is -2.37. The number of thioether (sulfide) groups is 1. The number of nitrogens with one attached hydrogen (secondary N) is 3. The van der Waals surface area contributed by atoms with Crippen LogP contribution < -0.4 is 27.4 Å². The molecule has 0 fully saturated rings. The molecule has 3 amide bonds. The summed E-state index contributed by atoms with van der Waals surface area (Å²) in [4.78, 5) is 31.7. The normalized spacial score (nSPS) is 11.5. The van der Waals surface area contributed by atoms with Gasteiger partial charge in [-0.1, -0.05) is 13.5 Å². The van der Waals surface area contributed by atoms with Crippen LogP contribution in [0.1, 0.15) is 31.4 Å². The van der Waals surface area contributed by atoms with Gasteiger partial charge in [0.05, 0.1) is 5.56 Å². The van der Waals surface area contributed by atoms with E-state index in [9.17, 15) is 28.0 Å². The van der Waals surface area contributed by atoms with Gasteiger partial charge in [0.2, 0.25) is 11.9 Å². The number of alkyl halides is 3. The molecule has 2 rings (SSSR count). The van der Waals surface area contributed by atoms with Gasteiger partial charge in [0.15, 0.2) is 5.82 Å². The van der Waals surface area contributed by atoms with Crippen molar-refractivity contribution in [2.45, 2.75) is 37.5 Å². The third-order valence-corrected chi connectivity index (χ3v) is 4.93. The molecule has 0 saturated heterocycles. The van der Waals surface area contributed by atoms with Crippen LogP contribution in [0.2, 0.25) is 0 Å². The topological polar surface area (TPSA) is 172 Å². The van der Waals surface area contributed by atoms with E-state index in [0.717, 1.165) is 23.9 Å². The molecular formula is C20H25F3N8O2S. The predicted octanol–water partition coefficient (Wildman–Crippen LogP) is 3.17. The third kappa shape index (κ3) is 8.00. The first-order valence-electron chi connectivity index (χ1n) is 9.44. The minimum absolute atomic E-state index is 0. The largest absolute Gasteiger partial charge is 0.416 e. The van der Waals surface area contributed by atoms with Gasteiger partial charge < -0.3 is 27.4 Å². The molecule has 0 aliphatic heterocycles. The van der Waals surface area contributed by atoms with Crippen molar-refractivity contribution in [1.82, 2.24) is 15.3 Å². The Morgan fingerprint density at radius 2 is 2.00 bits per heavy atom. The second-order valence-electron chi connectivity index (χ2n) is 6.62. The molecule has 0 aliphatic carbocycles. The molecule has 0 aliphatic rings. The Morgan fingerprint density at radius 3 is 2.59 bits per heavy atom. The Labute approximate surface area is 198 Å². The van der Waals surface area contributed by atoms with Crippen LogP contribution in [0.25, 0.3) is 0 Å². The number of rotatable bonds is 9. The van der Waals surface area contributed by atoms with E-state index < -0.39 is 29.7 Å². The first kappa shape index (κ1) is 28.3. The third-order valence-electron chi connectivity index (χ3n) is 4.25. The fraction of sp³-hybridized carbons (Fsp3) is 0.350. The molecule has 7 N–H and O–H groups in total. The summed E-state index contributed by atoms with van der Waals surface area (Å²) in [6.07, 6.45) is -2.49. The monoisotopic (exact) mass is 498 g/mol. The van der Waals surface area contributed by atoms with Gasteiger partial charge >= 0.3 is 12.2 Å². The van der Waals surface area contributed by atoms with Crippen molar-refractivity contribution in [2.24, 2.45) is 5.73 Å². The molecule has 0 bridgehead atoms. The second-order valence-corrected chi connectivity index (χ2v) is 7.42. The predicted molar refractivity (Wildman–Crippen MR) is 124 cm³/mol. The van der Waals surface area contributed by atoms with Crippen molar-refractivity contribution in [3.63, 3.8) is 0 Å². The van der Waals surface area contributed by atoms with Crippen LogP contribution in [0.15, 0.2) is 29.3 Å². The lowest BCUT2D eigenvalue weighted by Gasteiger charge is -2.20. The molecule has 1 aromatic carbocycles. The van der Waals surface area contributed by atoms with Crippen molar-refractivity contribution >= 4 is 41.2 Å². The van der Waals surface area contributed by atoms with Crippen LogP contribution >= 0.6 is 11.8 Å². The number of nitrogen functional groups attached to an aromatic ring is 1. The average Bonchev–Trinajstić information content (AvgIpc) is 2.74. The maximum absolute atomic E-state index is 13.0. The van der Waals surface area contributed by atoms with Crippen LogP contribution in [0, 0.1) is 11.3 Å². The number of hydrogen-bond acceptors (Lipinski definition) is 8. The summed E-state index contributed by atoms with van der Waals surface area (Å²) in [5, 5.41) is 17.4. The summed E-state index contributed by atoms with van der Waals surface area (Å²) in [6, 6.07) is 4.34. The molecule has 10 nitrogen and oxygen atoms in total. The molecule has 1 atom stereocenters. The fourth-order valence-electron chi connectivity index (χ4n) is 2.76. The quantitative estimate of drug-likeness (QED) is 0.199. The number of aromatic nitrogens is 2. The highest BCUT2D eigenvalue weighted by molar-refractivity contribution is 7.98. The Kier molecular flexibility index (Phi) is 10.4. The number of nitrogens with zero attached hydrogens (tertiary/aromatic N) is 3. The first-order valence-corrected chi connectivity index (χ1v) is 10.7. The smallest absolute Gasteiger partial charge is 0.368 e. The van der Waals surface area contributed by atoms with Gasteiger partial charge in [-0.25, -0.2) is 9.78 Å². The van der Waals surface area contributed by atoms with Gasteiger partial charge in [0, 0.05) is 12.2 Å². The van der Waals surface area contributed by atoms with Gasteiger partial charge in [-0.3, -0.25) is 4.79 Å². The molecule has 1 aromatic heterocycles. The highest BCUT2D eigenvalue weighted by atomic mass is 32.2. The number of nitrogens with two attached hydrogens (primary N) is 2. The summed E-state index contributed by atoms with van der Waals surface area (Å²) < 4.78 is 39.0. The molecule has 0 saturated carbocycles. The van der Waals surface area contributed by atoms with Gasteiger partial charge in [-0.15, -0.1) is 11.8 Å². The summed E-state index contributed by atoms with van der Waals surface area (Å²) in [7, 11) is 0. The minimum atomic E-state index is -4.58. The Hall–Kier alpha value is -3.73. The van der Waals surface area contributed by atoms with E-state index >= 15 is 0 Å². The molecule has 184 valence electrons. The molecule has 34 heavy (non-hydrogen) atoms. The Morgan fingerprint density at radius 1 is 1.29 bits per heavy atom. The zero-order valence-electron chi connectivity index (χ0n) is 17.4. The van der Waals surface area contributed by atoms with Gasteiger partial charge in [-0.05, 0) is 37.3 Å². The first-order chi connectivity index (χ1) is 15.5. The van der Waals surface area contributed by atoms with Crippen LogP contribution in [-0.4, -0.2) is 40.7 Å². The van der Waals surface area contributed by atoms with Crippen LogP contribution in [0.4, 0.5) is 35.4 Å². The van der Waals surface area contributed by atoms with Gasteiger partial charge in [-0.2, -0.15) is 23.4 Å². The molecule has 0 spiro atoms. The molecule has 0 unspecified atom stereocenters. The highest BCUT2D eigenvalue weighted by Gasteiger charge is 2.31. The number of anilines is 3. The number of amides is 3. The van der Waals surface area contributed by atoms with E-state index in [0.29, 0.717) is 5.03 Å². The van der Waals surface area contributed by atoms with E-state index in [1.165, 1.54) is 12.1 Å². The maximum atomic E-state index is 13.0. The standard InChI is InChI=1S/C19H21F3N8O2S.CH4/c1-33-16-12(9-23)14(29-17(24)30-16)28-13(6-3-7-26-18(25)32)15(31)27-11-5-2-4-10(8-11)19(20,21)22;/h2,4-5,8,13H,3,6-7H2,1H3,(H,27,31)(H3,25,26,32)(H3,24,28,29,30);1H4/t13-;/m0./s1. The molecule has 1 heterocycles. The zero-order valence-corrected chi connectivity index (χ0v) is 18.2. The molecule has 0 radical (unpaired) electrons. The van der Waals surface area contributed by atoms with E-state index in [-0.39, 0.29) is 49.8 Å². The highest BCUT2D eigenvalue weighted by Crippen LogP contribution is 2.31. The number of nitriles is 1. The second kappa shape index (κ2) is 12.5. The Balaban J connectivity index is 0.00000578. The van der Waals surface area contributed by atoms with Crippen LogP contribution in [-0.2, 0) is 11.0 Å². The number of benzene rings is 1. The lowest BCUT2D eigenvalue weighted by atomic mass is 10.1. The molecule has 2 aromatic rings. The van der Waals surface area contributed by atoms with E-state index in [2.05, 4.69) is 25.9 Å². The fourth-order valence-corrected chi connectivity index (χ4v) is 3.30. The van der Waals surface area contributed by atoms with Crippen molar-refractivity contribution in [3.8, 4) is 6.07 Å². The summed E-state index contributed by atoms with van der Waals surface area (Å²) in [6.45, 7) is 0.150. The van der Waals surface area contributed by atoms with Crippen molar-refractivity contribution in [1.29, 1.82) is 5.26 Å². The Bertz CT molecular complexity index is 1060. The van der Waals surface area contributed by atoms with Crippen molar-refractivity contribution in [3.05, 3.63) is 35.4 Å². The van der Waals surface area contributed by atoms with Crippen LogP contribution in [0.5, 0.6) is 0 Å². The van der Waals surface area contributed by atoms with E-state index in [4.69, 9.17) is 11.5 Å². The number of hydrogen-bond donors (Lipinski definition) is 5. The number of carbonyl (C=O) groups is 2. The number of carbonyl (C=O) groups excluding carboxylic acids is 2. The zero-order chi connectivity index (χ0) is 24.6. The van der Waals surface area contributed by atoms with E-state index in [1.54, 1.807) is 6.26 Å². The number of halogens is 3. The van der Waals surface area contributed by atoms with Crippen LogP contribution in [0.3, 0.4) is 0 Å². The summed E-state index contributed by atoms with van der Waals surface area (Å²) in [5.74, 6) is -0.810. The number of urea groups is 1. The van der Waals surface area contributed by atoms with Crippen molar-refractivity contribution in [2.75, 3.05) is 29.2 Å². The molecular weight excluding hydrogens is 473 g/mol. The maximum Gasteiger partial charge on any atom is 0.416 e. The molecule has 14 heteroatoms. The SMILES string of the molecule is C.CSc1nc(N)nc(N[C@@H](CCCNC(N)=O)C(=O)Nc2cccc(C(F)(F)F)c2)c1C#N. The number of primary amides is 1. The minimum Gasteiger partial charge on any atom is -0.368 e. The summed E-state index contributed by atoms with van der Waals surface area (Å²) in [5.41, 5.74) is 9.79. The summed E-state index contributed by atoms with van der Waals surface area (Å²) >= 11 is 1.15. The van der Waals surface area contributed by atoms with Gasteiger partial charge in [0.1, 0.15) is 22.7 Å². The van der Waals surface area contributed by atoms with Gasteiger partial charge in [0.25, 0.3) is 0 Å². The lowest BCUT2D eigenvalue weighted by molar-refractivity contribution is -0.137. The average molecular weight is 499 g/mol.